The standard InChI is InChI=1S/C13H17N3O2S/c1-2-10(14)9-16-19(17,18)13-7-3-6-12-11(13)5-4-8-15-12/h3-8,10,16H,2,9,14H2,1H3. The average Bonchev–Trinajstić information content (AvgIpc) is 2.44. The van der Waals surface area contributed by atoms with Gasteiger partial charge in [0.15, 0.2) is 0 Å². The number of nitrogens with zero attached hydrogens (tertiary/aromatic N) is 1. The summed E-state index contributed by atoms with van der Waals surface area (Å²) in [4.78, 5) is 4.39. The average molecular weight is 279 g/mol. The molecule has 0 spiro atoms. The van der Waals surface area contributed by atoms with Gasteiger partial charge in [-0.3, -0.25) is 4.98 Å². The van der Waals surface area contributed by atoms with Crippen LogP contribution in [0, 0.1) is 0 Å². The second-order valence-corrected chi connectivity index (χ2v) is 6.08. The van der Waals surface area contributed by atoms with Gasteiger partial charge in [-0.05, 0) is 30.7 Å². The van der Waals surface area contributed by atoms with Gasteiger partial charge in [0.05, 0.1) is 10.4 Å². The van der Waals surface area contributed by atoms with E-state index in [1.165, 1.54) is 0 Å². The van der Waals surface area contributed by atoms with E-state index in [1.54, 1.807) is 36.5 Å². The predicted molar refractivity (Wildman–Crippen MR) is 75.2 cm³/mol. The van der Waals surface area contributed by atoms with Gasteiger partial charge in [0.2, 0.25) is 10.0 Å². The molecule has 0 bridgehead atoms. The zero-order valence-corrected chi connectivity index (χ0v) is 11.5. The molecule has 0 aliphatic rings. The molecule has 3 N–H and O–H groups in total. The van der Waals surface area contributed by atoms with Gasteiger partial charge >= 0.3 is 0 Å². The van der Waals surface area contributed by atoms with Crippen molar-refractivity contribution in [3.63, 3.8) is 0 Å². The second-order valence-electron chi connectivity index (χ2n) is 4.35. The van der Waals surface area contributed by atoms with Crippen LogP contribution in [0.3, 0.4) is 0 Å². The Morgan fingerprint density at radius 1 is 1.32 bits per heavy atom. The molecule has 1 atom stereocenters. The molecule has 0 fully saturated rings. The first kappa shape index (κ1) is 13.9. The lowest BCUT2D eigenvalue weighted by Gasteiger charge is -2.12. The topological polar surface area (TPSA) is 85.1 Å². The first-order valence-electron chi connectivity index (χ1n) is 6.13. The van der Waals surface area contributed by atoms with Crippen molar-refractivity contribution in [3.8, 4) is 0 Å². The Morgan fingerprint density at radius 2 is 2.11 bits per heavy atom. The highest BCUT2D eigenvalue weighted by molar-refractivity contribution is 7.89. The van der Waals surface area contributed by atoms with E-state index in [0.29, 0.717) is 10.9 Å². The van der Waals surface area contributed by atoms with E-state index in [9.17, 15) is 8.42 Å². The summed E-state index contributed by atoms with van der Waals surface area (Å²) in [6.07, 6.45) is 2.36. The number of nitrogens with one attached hydrogen (secondary N) is 1. The Balaban J connectivity index is 2.38. The number of pyridine rings is 1. The van der Waals surface area contributed by atoms with E-state index in [2.05, 4.69) is 9.71 Å². The lowest BCUT2D eigenvalue weighted by Crippen LogP contribution is -2.36. The smallest absolute Gasteiger partial charge is 0.241 e. The Kier molecular flexibility index (Phi) is 4.14. The summed E-state index contributed by atoms with van der Waals surface area (Å²) in [7, 11) is -3.56. The molecule has 1 aromatic carbocycles. The first-order valence-corrected chi connectivity index (χ1v) is 7.62. The van der Waals surface area contributed by atoms with Crippen LogP contribution < -0.4 is 10.5 Å². The van der Waals surface area contributed by atoms with E-state index in [1.807, 2.05) is 6.92 Å². The van der Waals surface area contributed by atoms with Gasteiger partial charge in [-0.2, -0.15) is 0 Å². The van der Waals surface area contributed by atoms with Crippen molar-refractivity contribution in [1.82, 2.24) is 9.71 Å². The van der Waals surface area contributed by atoms with E-state index < -0.39 is 10.0 Å². The van der Waals surface area contributed by atoms with Crippen LogP contribution in [0.5, 0.6) is 0 Å². The highest BCUT2D eigenvalue weighted by atomic mass is 32.2. The molecule has 0 saturated carbocycles. The van der Waals surface area contributed by atoms with Crippen LogP contribution in [0.4, 0.5) is 0 Å². The van der Waals surface area contributed by atoms with Crippen LogP contribution in [0.25, 0.3) is 10.9 Å². The zero-order chi connectivity index (χ0) is 13.9. The maximum atomic E-state index is 12.3. The van der Waals surface area contributed by atoms with Crippen LogP contribution in [-0.2, 0) is 10.0 Å². The minimum absolute atomic E-state index is 0.178. The van der Waals surface area contributed by atoms with Crippen molar-refractivity contribution in [2.75, 3.05) is 6.54 Å². The number of hydrogen-bond acceptors (Lipinski definition) is 4. The van der Waals surface area contributed by atoms with Crippen molar-refractivity contribution in [2.45, 2.75) is 24.3 Å². The fourth-order valence-electron chi connectivity index (χ4n) is 1.75. The Hall–Kier alpha value is -1.50. The molecular weight excluding hydrogens is 262 g/mol. The maximum Gasteiger partial charge on any atom is 0.241 e. The quantitative estimate of drug-likeness (QED) is 0.862. The van der Waals surface area contributed by atoms with Gasteiger partial charge in [0.25, 0.3) is 0 Å². The number of rotatable bonds is 5. The number of benzene rings is 1. The molecule has 5 nitrogen and oxygen atoms in total. The van der Waals surface area contributed by atoms with Gasteiger partial charge in [0.1, 0.15) is 0 Å². The van der Waals surface area contributed by atoms with E-state index in [0.717, 1.165) is 6.42 Å². The number of sulfonamides is 1. The number of aromatic nitrogens is 1. The van der Waals surface area contributed by atoms with Gasteiger partial charge in [-0.15, -0.1) is 0 Å². The predicted octanol–water partition coefficient (Wildman–Crippen LogP) is 1.25. The highest BCUT2D eigenvalue weighted by Crippen LogP contribution is 2.20. The largest absolute Gasteiger partial charge is 0.327 e. The molecule has 2 rings (SSSR count). The molecule has 1 aromatic heterocycles. The summed E-state index contributed by atoms with van der Waals surface area (Å²) in [5, 5.41) is 0.613. The normalized spacial score (nSPS) is 13.6. The molecule has 1 unspecified atom stereocenters. The molecule has 0 amide bonds. The molecule has 19 heavy (non-hydrogen) atoms. The molecule has 102 valence electrons. The Labute approximate surface area is 112 Å². The number of fused-ring (bicyclic) bond motifs is 1. The Morgan fingerprint density at radius 3 is 2.84 bits per heavy atom. The van der Waals surface area contributed by atoms with E-state index >= 15 is 0 Å². The van der Waals surface area contributed by atoms with Crippen LogP contribution in [0.1, 0.15) is 13.3 Å². The summed E-state index contributed by atoms with van der Waals surface area (Å²) in [6.45, 7) is 2.15. The summed E-state index contributed by atoms with van der Waals surface area (Å²) < 4.78 is 27.1. The highest BCUT2D eigenvalue weighted by Gasteiger charge is 2.17. The lowest BCUT2D eigenvalue weighted by atomic mass is 10.2. The summed E-state index contributed by atoms with van der Waals surface area (Å²) in [5.41, 5.74) is 6.39. The van der Waals surface area contributed by atoms with Gasteiger partial charge in [-0.1, -0.05) is 13.0 Å². The monoisotopic (exact) mass is 279 g/mol. The minimum Gasteiger partial charge on any atom is -0.327 e. The fourth-order valence-corrected chi connectivity index (χ4v) is 3.06. The van der Waals surface area contributed by atoms with Crippen molar-refractivity contribution in [3.05, 3.63) is 36.5 Å². The fraction of sp³-hybridized carbons (Fsp3) is 0.308. The molecule has 6 heteroatoms. The third-order valence-electron chi connectivity index (χ3n) is 2.96. The SMILES string of the molecule is CCC(N)CNS(=O)(=O)c1cccc2ncccc12. The van der Waals surface area contributed by atoms with E-state index in [4.69, 9.17) is 5.73 Å². The summed E-state index contributed by atoms with van der Waals surface area (Å²) in [5.74, 6) is 0. The molecular formula is C13H17N3O2S. The van der Waals surface area contributed by atoms with Crippen molar-refractivity contribution in [1.29, 1.82) is 0 Å². The van der Waals surface area contributed by atoms with Crippen LogP contribution >= 0.6 is 0 Å². The third kappa shape index (κ3) is 3.09. The third-order valence-corrected chi connectivity index (χ3v) is 4.44. The number of nitrogens with two attached hydrogens (primary N) is 1. The molecule has 0 aliphatic heterocycles. The van der Waals surface area contributed by atoms with Crippen molar-refractivity contribution >= 4 is 20.9 Å². The van der Waals surface area contributed by atoms with Gasteiger partial charge < -0.3 is 5.73 Å². The van der Waals surface area contributed by atoms with Crippen molar-refractivity contribution in [2.24, 2.45) is 5.73 Å². The van der Waals surface area contributed by atoms with Crippen LogP contribution in [-0.4, -0.2) is 26.0 Å². The molecule has 0 aliphatic carbocycles. The van der Waals surface area contributed by atoms with Gasteiger partial charge in [0, 0.05) is 24.2 Å². The van der Waals surface area contributed by atoms with Crippen LogP contribution in [0.2, 0.25) is 0 Å². The summed E-state index contributed by atoms with van der Waals surface area (Å²) in [6, 6.07) is 8.33. The summed E-state index contributed by atoms with van der Waals surface area (Å²) >= 11 is 0. The molecule has 1 heterocycles. The van der Waals surface area contributed by atoms with Crippen molar-refractivity contribution < 1.29 is 8.42 Å². The molecule has 0 saturated heterocycles. The maximum absolute atomic E-state index is 12.3. The minimum atomic E-state index is -3.56. The molecule has 2 aromatic rings. The van der Waals surface area contributed by atoms with Gasteiger partial charge in [-0.25, -0.2) is 13.1 Å². The van der Waals surface area contributed by atoms with Crippen LogP contribution in [0.15, 0.2) is 41.4 Å². The molecule has 0 radical (unpaired) electrons. The zero-order valence-electron chi connectivity index (χ0n) is 10.7. The van der Waals surface area contributed by atoms with E-state index in [-0.39, 0.29) is 17.5 Å². The Bertz CT molecular complexity index is 665. The second kappa shape index (κ2) is 5.64. The first-order chi connectivity index (χ1) is 9.04. The number of hydrogen-bond donors (Lipinski definition) is 2. The lowest BCUT2D eigenvalue weighted by molar-refractivity contribution is 0.564.